The van der Waals surface area contributed by atoms with Gasteiger partial charge in [0.25, 0.3) is 0 Å². The first-order valence-electron chi connectivity index (χ1n) is 13.6. The first-order chi connectivity index (χ1) is 18.0. The molecule has 0 bridgehead atoms. The van der Waals surface area contributed by atoms with Crippen molar-refractivity contribution in [3.8, 4) is 22.3 Å². The third-order valence-corrected chi connectivity index (χ3v) is 7.14. The number of unbranched alkanes of at least 4 members (excludes halogenated alkanes) is 4. The van der Waals surface area contributed by atoms with Crippen molar-refractivity contribution >= 4 is 0 Å². The molecule has 1 aliphatic rings. The number of halogens is 3. The molecule has 0 amide bonds. The van der Waals surface area contributed by atoms with E-state index in [-0.39, 0.29) is 11.4 Å². The van der Waals surface area contributed by atoms with Crippen molar-refractivity contribution in [2.24, 2.45) is 5.92 Å². The van der Waals surface area contributed by atoms with Crippen LogP contribution in [0.2, 0.25) is 0 Å². The summed E-state index contributed by atoms with van der Waals surface area (Å²) < 4.78 is 55.9. The van der Waals surface area contributed by atoms with Gasteiger partial charge < -0.3 is 9.47 Å². The molecule has 0 aliphatic carbocycles. The van der Waals surface area contributed by atoms with Crippen molar-refractivity contribution < 1.29 is 22.6 Å². The van der Waals surface area contributed by atoms with Crippen LogP contribution in [0.4, 0.5) is 13.2 Å². The van der Waals surface area contributed by atoms with Crippen molar-refractivity contribution in [1.82, 2.24) is 0 Å². The zero-order valence-electron chi connectivity index (χ0n) is 21.9. The van der Waals surface area contributed by atoms with Crippen LogP contribution in [0.15, 0.2) is 54.6 Å². The second kappa shape index (κ2) is 13.3. The maximum Gasteiger partial charge on any atom is 0.183 e. The number of aryl methyl sites for hydroxylation is 1. The summed E-state index contributed by atoms with van der Waals surface area (Å²) in [6.45, 7) is 5.39. The molecule has 0 N–H and O–H groups in total. The highest BCUT2D eigenvalue weighted by atomic mass is 19.2. The fourth-order valence-corrected chi connectivity index (χ4v) is 4.96. The monoisotopic (exact) mass is 510 g/mol. The van der Waals surface area contributed by atoms with Crippen LogP contribution in [0.1, 0.15) is 76.2 Å². The van der Waals surface area contributed by atoms with Crippen LogP contribution in [-0.4, -0.2) is 13.2 Å². The summed E-state index contributed by atoms with van der Waals surface area (Å²) in [7, 11) is 0. The van der Waals surface area contributed by atoms with Crippen molar-refractivity contribution in [2.75, 3.05) is 13.2 Å². The van der Waals surface area contributed by atoms with Gasteiger partial charge in [0.2, 0.25) is 0 Å². The SMILES string of the molecule is CCCCCCCC1COC(c2ccc(-c3ccc(-c4ccc(CCC)c(F)c4F)cc3)c(F)c2)OC1. The fraction of sp³-hybridized carbons (Fsp3) is 0.438. The third-order valence-electron chi connectivity index (χ3n) is 7.14. The van der Waals surface area contributed by atoms with Gasteiger partial charge in [-0.05, 0) is 35.6 Å². The quantitative estimate of drug-likeness (QED) is 0.239. The number of hydrogen-bond acceptors (Lipinski definition) is 2. The molecule has 4 rings (SSSR count). The Labute approximate surface area is 218 Å². The maximum atomic E-state index is 15.1. The predicted octanol–water partition coefficient (Wildman–Crippen LogP) is 9.41. The lowest BCUT2D eigenvalue weighted by atomic mass is 9.97. The molecule has 0 aromatic heterocycles. The first kappa shape index (κ1) is 27.4. The van der Waals surface area contributed by atoms with Crippen molar-refractivity contribution in [1.29, 1.82) is 0 Å². The Hall–Kier alpha value is -2.63. The molecule has 1 saturated heterocycles. The highest BCUT2D eigenvalue weighted by molar-refractivity contribution is 5.71. The van der Waals surface area contributed by atoms with Crippen LogP contribution in [0.3, 0.4) is 0 Å². The van der Waals surface area contributed by atoms with Crippen LogP contribution in [0.5, 0.6) is 0 Å². The molecule has 198 valence electrons. The summed E-state index contributed by atoms with van der Waals surface area (Å²) >= 11 is 0. The second-order valence-corrected chi connectivity index (χ2v) is 10.0. The Kier molecular flexibility index (Phi) is 9.81. The number of rotatable bonds is 11. The Morgan fingerprint density at radius 3 is 2.00 bits per heavy atom. The zero-order chi connectivity index (χ0) is 26.2. The Bertz CT molecular complexity index is 1150. The number of ether oxygens (including phenoxy) is 2. The Morgan fingerprint density at radius 1 is 0.703 bits per heavy atom. The standard InChI is InChI=1S/C32H37F3O2/c1-3-5-6-7-8-10-22-20-36-32(37-21-22)26-16-17-27(29(33)19-26)23-11-13-24(14-12-23)28-18-15-25(9-4-2)30(34)31(28)35/h11-19,22,32H,3-10,20-21H2,1-2H3. The third kappa shape index (κ3) is 6.82. The lowest BCUT2D eigenvalue weighted by Gasteiger charge is -2.29. The molecule has 3 aromatic rings. The van der Waals surface area contributed by atoms with E-state index in [0.717, 1.165) is 12.8 Å². The van der Waals surface area contributed by atoms with E-state index >= 15 is 4.39 Å². The minimum Gasteiger partial charge on any atom is -0.348 e. The normalized spacial score (nSPS) is 17.8. The minimum atomic E-state index is -0.847. The van der Waals surface area contributed by atoms with Gasteiger partial charge in [0.15, 0.2) is 17.9 Å². The summed E-state index contributed by atoms with van der Waals surface area (Å²) in [5, 5.41) is 0. The molecule has 0 saturated carbocycles. The van der Waals surface area contributed by atoms with Crippen LogP contribution in [-0.2, 0) is 15.9 Å². The van der Waals surface area contributed by atoms with Crippen molar-refractivity contribution in [2.45, 2.75) is 71.5 Å². The molecule has 2 nitrogen and oxygen atoms in total. The molecular weight excluding hydrogens is 473 g/mol. The highest BCUT2D eigenvalue weighted by Crippen LogP contribution is 2.33. The minimum absolute atomic E-state index is 0.200. The first-order valence-corrected chi connectivity index (χ1v) is 13.6. The molecular formula is C32H37F3O2. The largest absolute Gasteiger partial charge is 0.348 e. The number of benzene rings is 3. The summed E-state index contributed by atoms with van der Waals surface area (Å²) in [4.78, 5) is 0. The average molecular weight is 511 g/mol. The van der Waals surface area contributed by atoms with Crippen LogP contribution in [0.25, 0.3) is 22.3 Å². The maximum absolute atomic E-state index is 15.1. The molecule has 0 atom stereocenters. The fourth-order valence-electron chi connectivity index (χ4n) is 4.96. The molecule has 37 heavy (non-hydrogen) atoms. The van der Waals surface area contributed by atoms with Crippen molar-refractivity contribution in [3.05, 3.63) is 83.2 Å². The van der Waals surface area contributed by atoms with E-state index in [4.69, 9.17) is 9.47 Å². The average Bonchev–Trinajstić information content (AvgIpc) is 2.92. The smallest absolute Gasteiger partial charge is 0.183 e. The molecule has 3 aromatic carbocycles. The van der Waals surface area contributed by atoms with Gasteiger partial charge in [0, 0.05) is 22.6 Å². The zero-order valence-corrected chi connectivity index (χ0v) is 21.9. The lowest BCUT2D eigenvalue weighted by Crippen LogP contribution is -2.27. The van der Waals surface area contributed by atoms with Crippen LogP contribution >= 0.6 is 0 Å². The summed E-state index contributed by atoms with van der Waals surface area (Å²) in [5.74, 6) is -1.63. The summed E-state index contributed by atoms with van der Waals surface area (Å²) in [6, 6.07) is 15.1. The van der Waals surface area contributed by atoms with Gasteiger partial charge in [-0.3, -0.25) is 0 Å². The molecule has 1 aliphatic heterocycles. The summed E-state index contributed by atoms with van der Waals surface area (Å²) in [5.41, 5.74) is 2.87. The topological polar surface area (TPSA) is 18.5 Å². The molecule has 0 spiro atoms. The van der Waals surface area contributed by atoms with Crippen LogP contribution in [0, 0.1) is 23.4 Å². The molecule has 1 fully saturated rings. The van der Waals surface area contributed by atoms with E-state index in [2.05, 4.69) is 6.92 Å². The number of hydrogen-bond donors (Lipinski definition) is 0. The van der Waals surface area contributed by atoms with Gasteiger partial charge in [0.05, 0.1) is 13.2 Å². The van der Waals surface area contributed by atoms with Gasteiger partial charge in [-0.25, -0.2) is 13.2 Å². The van der Waals surface area contributed by atoms with E-state index in [1.165, 1.54) is 38.2 Å². The lowest BCUT2D eigenvalue weighted by molar-refractivity contribution is -0.206. The van der Waals surface area contributed by atoms with Gasteiger partial charge in [-0.2, -0.15) is 0 Å². The van der Waals surface area contributed by atoms with E-state index < -0.39 is 17.9 Å². The Morgan fingerprint density at radius 2 is 1.35 bits per heavy atom. The van der Waals surface area contributed by atoms with E-state index in [1.807, 2.05) is 13.0 Å². The molecule has 0 unspecified atom stereocenters. The molecule has 0 radical (unpaired) electrons. The van der Waals surface area contributed by atoms with Gasteiger partial charge in [0.1, 0.15) is 5.82 Å². The van der Waals surface area contributed by atoms with Crippen molar-refractivity contribution in [3.63, 3.8) is 0 Å². The van der Waals surface area contributed by atoms with Gasteiger partial charge >= 0.3 is 0 Å². The Balaban J connectivity index is 1.38. The van der Waals surface area contributed by atoms with Gasteiger partial charge in [-0.1, -0.05) is 101 Å². The van der Waals surface area contributed by atoms with E-state index in [0.29, 0.717) is 53.4 Å². The molecule has 1 heterocycles. The highest BCUT2D eigenvalue weighted by Gasteiger charge is 2.24. The molecule has 5 heteroatoms. The van der Waals surface area contributed by atoms with E-state index in [1.54, 1.807) is 42.5 Å². The predicted molar refractivity (Wildman–Crippen MR) is 143 cm³/mol. The summed E-state index contributed by atoms with van der Waals surface area (Å²) in [6.07, 6.45) is 8.03. The van der Waals surface area contributed by atoms with E-state index in [9.17, 15) is 8.78 Å². The second-order valence-electron chi connectivity index (χ2n) is 10.0. The van der Waals surface area contributed by atoms with Crippen LogP contribution < -0.4 is 0 Å². The van der Waals surface area contributed by atoms with Gasteiger partial charge in [-0.15, -0.1) is 0 Å².